The fourth-order valence-electron chi connectivity index (χ4n) is 2.82. The number of aryl methyl sites for hydroxylation is 3. The Kier molecular flexibility index (Phi) is 4.26. The van der Waals surface area contributed by atoms with Gasteiger partial charge in [-0.25, -0.2) is 9.97 Å². The molecule has 0 spiro atoms. The van der Waals surface area contributed by atoms with E-state index >= 15 is 0 Å². The molecule has 118 valence electrons. The van der Waals surface area contributed by atoms with Crippen LogP contribution in [0.1, 0.15) is 34.0 Å². The molecule has 1 unspecified atom stereocenters. The molecule has 2 aromatic heterocycles. The van der Waals surface area contributed by atoms with Crippen LogP contribution < -0.4 is 0 Å². The van der Waals surface area contributed by atoms with Gasteiger partial charge in [0.05, 0.1) is 6.61 Å². The van der Waals surface area contributed by atoms with Gasteiger partial charge in [-0.1, -0.05) is 29.8 Å². The lowest BCUT2D eigenvalue weighted by Gasteiger charge is -2.14. The summed E-state index contributed by atoms with van der Waals surface area (Å²) < 4.78 is 2.00. The third-order valence-electron chi connectivity index (χ3n) is 4.06. The zero-order chi connectivity index (χ0) is 16.4. The maximum atomic E-state index is 9.87. The van der Waals surface area contributed by atoms with Crippen LogP contribution in [0, 0.1) is 20.8 Å². The molecule has 4 heteroatoms. The molecule has 0 radical (unpaired) electrons. The SMILES string of the molecule is Cc1cccc(C(CO)c2ccn(-c3nc(C)ncc3C)c2)c1. The van der Waals surface area contributed by atoms with Gasteiger partial charge in [0.15, 0.2) is 0 Å². The summed E-state index contributed by atoms with van der Waals surface area (Å²) in [4.78, 5) is 8.73. The molecular formula is C19H21N3O. The molecule has 0 amide bonds. The van der Waals surface area contributed by atoms with E-state index in [1.807, 2.05) is 49.1 Å². The van der Waals surface area contributed by atoms with Crippen molar-refractivity contribution in [3.63, 3.8) is 0 Å². The lowest BCUT2D eigenvalue weighted by molar-refractivity contribution is 0.280. The average molecular weight is 307 g/mol. The largest absolute Gasteiger partial charge is 0.395 e. The summed E-state index contributed by atoms with van der Waals surface area (Å²) >= 11 is 0. The number of hydrogen-bond acceptors (Lipinski definition) is 3. The van der Waals surface area contributed by atoms with Gasteiger partial charge in [0.25, 0.3) is 0 Å². The second-order valence-corrected chi connectivity index (χ2v) is 5.93. The van der Waals surface area contributed by atoms with Crippen molar-refractivity contribution in [2.45, 2.75) is 26.7 Å². The van der Waals surface area contributed by atoms with Crippen LogP contribution in [0.2, 0.25) is 0 Å². The second kappa shape index (κ2) is 6.34. The van der Waals surface area contributed by atoms with E-state index in [0.717, 1.165) is 28.3 Å². The summed E-state index contributed by atoms with van der Waals surface area (Å²) in [7, 11) is 0. The van der Waals surface area contributed by atoms with Gasteiger partial charge in [0.1, 0.15) is 11.6 Å². The van der Waals surface area contributed by atoms with E-state index in [1.165, 1.54) is 5.56 Å². The van der Waals surface area contributed by atoms with Gasteiger partial charge in [-0.2, -0.15) is 0 Å². The summed E-state index contributed by atoms with van der Waals surface area (Å²) in [6, 6.07) is 10.3. The number of benzene rings is 1. The van der Waals surface area contributed by atoms with E-state index in [-0.39, 0.29) is 12.5 Å². The Morgan fingerprint density at radius 1 is 1.13 bits per heavy atom. The topological polar surface area (TPSA) is 50.9 Å². The molecule has 0 fully saturated rings. The van der Waals surface area contributed by atoms with Gasteiger partial charge in [0, 0.05) is 30.1 Å². The van der Waals surface area contributed by atoms with Gasteiger partial charge in [-0.3, -0.25) is 0 Å². The molecule has 1 atom stereocenters. The molecule has 0 aliphatic carbocycles. The van der Waals surface area contributed by atoms with Crippen LogP contribution in [0.25, 0.3) is 5.82 Å². The van der Waals surface area contributed by atoms with Crippen LogP contribution in [-0.4, -0.2) is 26.2 Å². The quantitative estimate of drug-likeness (QED) is 0.804. The first-order chi connectivity index (χ1) is 11.1. The van der Waals surface area contributed by atoms with Crippen molar-refractivity contribution in [3.8, 4) is 5.82 Å². The Labute approximate surface area is 136 Å². The van der Waals surface area contributed by atoms with E-state index in [9.17, 15) is 5.11 Å². The molecule has 1 aromatic carbocycles. The molecule has 0 saturated heterocycles. The van der Waals surface area contributed by atoms with Crippen molar-refractivity contribution in [2.75, 3.05) is 6.61 Å². The summed E-state index contributed by atoms with van der Waals surface area (Å²) in [6.07, 6.45) is 5.86. The molecule has 3 aromatic rings. The first-order valence-electron chi connectivity index (χ1n) is 7.74. The lowest BCUT2D eigenvalue weighted by Crippen LogP contribution is -2.06. The van der Waals surface area contributed by atoms with Gasteiger partial charge in [-0.05, 0) is 38.0 Å². The minimum atomic E-state index is -0.0283. The summed E-state index contributed by atoms with van der Waals surface area (Å²) in [6.45, 7) is 6.03. The molecule has 3 rings (SSSR count). The normalized spacial score (nSPS) is 12.3. The molecule has 0 saturated carbocycles. The Morgan fingerprint density at radius 2 is 1.96 bits per heavy atom. The van der Waals surface area contributed by atoms with Crippen molar-refractivity contribution in [2.24, 2.45) is 0 Å². The van der Waals surface area contributed by atoms with Crippen molar-refractivity contribution < 1.29 is 5.11 Å². The fourth-order valence-corrected chi connectivity index (χ4v) is 2.82. The van der Waals surface area contributed by atoms with Crippen molar-refractivity contribution in [1.82, 2.24) is 14.5 Å². The maximum Gasteiger partial charge on any atom is 0.143 e. The van der Waals surface area contributed by atoms with Gasteiger partial charge < -0.3 is 9.67 Å². The van der Waals surface area contributed by atoms with Gasteiger partial charge in [0.2, 0.25) is 0 Å². The molecule has 4 nitrogen and oxygen atoms in total. The average Bonchev–Trinajstić information content (AvgIpc) is 3.00. The highest BCUT2D eigenvalue weighted by atomic mass is 16.3. The van der Waals surface area contributed by atoms with Crippen LogP contribution in [0.4, 0.5) is 0 Å². The number of nitrogens with zero attached hydrogens (tertiary/aromatic N) is 3. The monoisotopic (exact) mass is 307 g/mol. The summed E-state index contributed by atoms with van der Waals surface area (Å²) in [5.74, 6) is 1.60. The van der Waals surface area contributed by atoms with E-state index in [4.69, 9.17) is 0 Å². The first kappa shape index (κ1) is 15.4. The highest BCUT2D eigenvalue weighted by molar-refractivity contribution is 5.38. The fraction of sp³-hybridized carbons (Fsp3) is 0.263. The van der Waals surface area contributed by atoms with Crippen LogP contribution in [-0.2, 0) is 0 Å². The molecule has 23 heavy (non-hydrogen) atoms. The van der Waals surface area contributed by atoms with Gasteiger partial charge >= 0.3 is 0 Å². The first-order valence-corrected chi connectivity index (χ1v) is 7.74. The van der Waals surface area contributed by atoms with Crippen molar-refractivity contribution in [1.29, 1.82) is 0 Å². The van der Waals surface area contributed by atoms with Crippen molar-refractivity contribution >= 4 is 0 Å². The zero-order valence-corrected chi connectivity index (χ0v) is 13.7. The minimum Gasteiger partial charge on any atom is -0.395 e. The van der Waals surface area contributed by atoms with Crippen LogP contribution in [0.5, 0.6) is 0 Å². The predicted octanol–water partition coefficient (Wildman–Crippen LogP) is 3.32. The lowest BCUT2D eigenvalue weighted by atomic mass is 9.93. The number of aromatic nitrogens is 3. The highest BCUT2D eigenvalue weighted by Crippen LogP contribution is 2.26. The van der Waals surface area contributed by atoms with E-state index in [0.29, 0.717) is 0 Å². The highest BCUT2D eigenvalue weighted by Gasteiger charge is 2.15. The van der Waals surface area contributed by atoms with E-state index < -0.39 is 0 Å². The standard InChI is InChI=1S/C19H21N3O/c1-13-5-4-6-16(9-13)18(12-23)17-7-8-22(11-17)19-14(2)10-20-15(3)21-19/h4-11,18,23H,12H2,1-3H3. The Balaban J connectivity index is 1.98. The van der Waals surface area contributed by atoms with Crippen LogP contribution in [0.15, 0.2) is 48.9 Å². The maximum absolute atomic E-state index is 9.87. The number of hydrogen-bond donors (Lipinski definition) is 1. The zero-order valence-electron chi connectivity index (χ0n) is 13.7. The van der Waals surface area contributed by atoms with Crippen LogP contribution in [0.3, 0.4) is 0 Å². The summed E-state index contributed by atoms with van der Waals surface area (Å²) in [5.41, 5.74) is 4.42. The number of aliphatic hydroxyl groups excluding tert-OH is 1. The summed E-state index contributed by atoms with van der Waals surface area (Å²) in [5, 5.41) is 9.87. The van der Waals surface area contributed by atoms with Gasteiger partial charge in [-0.15, -0.1) is 0 Å². The molecule has 0 aliphatic rings. The smallest absolute Gasteiger partial charge is 0.143 e. The predicted molar refractivity (Wildman–Crippen MR) is 90.9 cm³/mol. The second-order valence-electron chi connectivity index (χ2n) is 5.93. The molecule has 0 bridgehead atoms. The van der Waals surface area contributed by atoms with Crippen LogP contribution >= 0.6 is 0 Å². The molecular weight excluding hydrogens is 286 g/mol. The Hall–Kier alpha value is -2.46. The third-order valence-corrected chi connectivity index (χ3v) is 4.06. The third kappa shape index (κ3) is 3.17. The number of aliphatic hydroxyl groups is 1. The van der Waals surface area contributed by atoms with Crippen molar-refractivity contribution in [3.05, 3.63) is 77.0 Å². The molecule has 2 heterocycles. The van der Waals surface area contributed by atoms with E-state index in [1.54, 1.807) is 0 Å². The number of rotatable bonds is 4. The molecule has 1 N–H and O–H groups in total. The Bertz CT molecular complexity index is 823. The molecule has 0 aliphatic heterocycles. The van der Waals surface area contributed by atoms with E-state index in [2.05, 4.69) is 35.1 Å². The Morgan fingerprint density at radius 3 is 2.70 bits per heavy atom. The minimum absolute atomic E-state index is 0.0283.